The van der Waals surface area contributed by atoms with Gasteiger partial charge in [-0.15, -0.1) is 0 Å². The van der Waals surface area contributed by atoms with Crippen LogP contribution in [0, 0.1) is 0 Å². The molecule has 0 saturated heterocycles. The molecule has 1 aliphatic rings. The highest BCUT2D eigenvalue weighted by Gasteiger charge is 2.23. The normalized spacial score (nSPS) is 16.0. The quantitative estimate of drug-likeness (QED) is 0.885. The lowest BCUT2D eigenvalue weighted by molar-refractivity contribution is 0.174. The molecule has 1 aromatic heterocycles. The molecule has 3 N–H and O–H groups in total. The van der Waals surface area contributed by atoms with Gasteiger partial charge in [-0.25, -0.2) is 4.98 Å². The van der Waals surface area contributed by atoms with Crippen LogP contribution in [0.3, 0.4) is 0 Å². The zero-order chi connectivity index (χ0) is 14.9. The van der Waals surface area contributed by atoms with Crippen LogP contribution in [0.15, 0.2) is 24.4 Å². The second kappa shape index (κ2) is 5.41. The first-order chi connectivity index (χ1) is 10.1. The van der Waals surface area contributed by atoms with Crippen LogP contribution in [0.1, 0.15) is 26.7 Å². The largest absolute Gasteiger partial charge is 0.454 e. The standard InChI is InChI=1S/C16H21N3O2/c1-3-16(2,5-6-17)19-15-12-9-14-13(20-10-21-14)8-11(12)4-7-18-15/h4,7-9H,3,5-6,10,17H2,1-2H3,(H,18,19). The lowest BCUT2D eigenvalue weighted by atomic mass is 9.94. The lowest BCUT2D eigenvalue weighted by Gasteiger charge is -2.30. The van der Waals surface area contributed by atoms with Gasteiger partial charge in [-0.2, -0.15) is 0 Å². The molecule has 0 saturated carbocycles. The van der Waals surface area contributed by atoms with Crippen molar-refractivity contribution in [3.63, 3.8) is 0 Å². The Labute approximate surface area is 124 Å². The van der Waals surface area contributed by atoms with Crippen LogP contribution < -0.4 is 20.5 Å². The summed E-state index contributed by atoms with van der Waals surface area (Å²) in [6.45, 7) is 5.26. The van der Waals surface area contributed by atoms with Gasteiger partial charge in [-0.3, -0.25) is 0 Å². The fourth-order valence-corrected chi connectivity index (χ4v) is 2.59. The third-order valence-electron chi connectivity index (χ3n) is 4.15. The fourth-order valence-electron chi connectivity index (χ4n) is 2.59. The van der Waals surface area contributed by atoms with Crippen LogP contribution in [-0.2, 0) is 0 Å². The number of ether oxygens (including phenoxy) is 2. The maximum atomic E-state index is 5.73. The third kappa shape index (κ3) is 2.61. The van der Waals surface area contributed by atoms with Gasteiger partial charge in [0.15, 0.2) is 11.5 Å². The third-order valence-corrected chi connectivity index (χ3v) is 4.15. The van der Waals surface area contributed by atoms with Gasteiger partial charge >= 0.3 is 0 Å². The second-order valence-corrected chi connectivity index (χ2v) is 5.66. The summed E-state index contributed by atoms with van der Waals surface area (Å²) in [5.74, 6) is 2.43. The zero-order valence-electron chi connectivity index (χ0n) is 12.5. The Bertz CT molecular complexity index is 659. The molecule has 3 rings (SSSR count). The molecular weight excluding hydrogens is 266 g/mol. The van der Waals surface area contributed by atoms with Gasteiger partial charge in [0.05, 0.1) is 0 Å². The number of hydrogen-bond acceptors (Lipinski definition) is 5. The van der Waals surface area contributed by atoms with Gasteiger partial charge in [-0.05, 0) is 49.9 Å². The minimum atomic E-state index is -0.0631. The minimum absolute atomic E-state index is 0.0631. The van der Waals surface area contributed by atoms with E-state index in [1.165, 1.54) is 0 Å². The Balaban J connectivity index is 2.02. The molecule has 5 heteroatoms. The van der Waals surface area contributed by atoms with Crippen molar-refractivity contribution in [2.24, 2.45) is 5.73 Å². The van der Waals surface area contributed by atoms with Gasteiger partial charge in [0.25, 0.3) is 0 Å². The predicted molar refractivity (Wildman–Crippen MR) is 83.9 cm³/mol. The molecule has 0 fully saturated rings. The van der Waals surface area contributed by atoms with Gasteiger partial charge in [0, 0.05) is 17.1 Å². The summed E-state index contributed by atoms with van der Waals surface area (Å²) in [6, 6.07) is 5.97. The van der Waals surface area contributed by atoms with Gasteiger partial charge in [0.2, 0.25) is 6.79 Å². The SMILES string of the molecule is CCC(C)(CCN)Nc1nccc2cc3c(cc12)OCO3. The molecule has 112 valence electrons. The highest BCUT2D eigenvalue weighted by atomic mass is 16.7. The topological polar surface area (TPSA) is 69.4 Å². The molecule has 0 spiro atoms. The molecule has 0 aliphatic carbocycles. The smallest absolute Gasteiger partial charge is 0.231 e. The van der Waals surface area contributed by atoms with E-state index in [2.05, 4.69) is 24.1 Å². The Morgan fingerprint density at radius 2 is 2.10 bits per heavy atom. The van der Waals surface area contributed by atoms with Crippen LogP contribution in [-0.4, -0.2) is 23.9 Å². The average molecular weight is 287 g/mol. The molecule has 1 aliphatic heterocycles. The molecule has 1 atom stereocenters. The Morgan fingerprint density at radius 1 is 1.33 bits per heavy atom. The Morgan fingerprint density at radius 3 is 2.81 bits per heavy atom. The van der Waals surface area contributed by atoms with Gasteiger partial charge in [0.1, 0.15) is 5.82 Å². The van der Waals surface area contributed by atoms with E-state index in [1.54, 1.807) is 0 Å². The van der Waals surface area contributed by atoms with E-state index in [1.807, 2.05) is 24.4 Å². The number of nitrogens with one attached hydrogen (secondary N) is 1. The van der Waals surface area contributed by atoms with Crippen molar-refractivity contribution >= 4 is 16.6 Å². The molecule has 1 aromatic carbocycles. The fraction of sp³-hybridized carbons (Fsp3) is 0.438. The highest BCUT2D eigenvalue weighted by Crippen LogP contribution is 2.38. The minimum Gasteiger partial charge on any atom is -0.454 e. The van der Waals surface area contributed by atoms with Crippen LogP contribution in [0.5, 0.6) is 11.5 Å². The number of anilines is 1. The van der Waals surface area contributed by atoms with Crippen LogP contribution in [0.25, 0.3) is 10.8 Å². The molecule has 0 bridgehead atoms. The predicted octanol–water partition coefficient (Wildman–Crippen LogP) is 2.89. The van der Waals surface area contributed by atoms with Crippen molar-refractivity contribution in [1.29, 1.82) is 0 Å². The molecule has 1 unspecified atom stereocenters. The van der Waals surface area contributed by atoms with Crippen molar-refractivity contribution in [3.05, 3.63) is 24.4 Å². The molecule has 5 nitrogen and oxygen atoms in total. The summed E-state index contributed by atoms with van der Waals surface area (Å²) in [7, 11) is 0. The average Bonchev–Trinajstić information content (AvgIpc) is 2.93. The van der Waals surface area contributed by atoms with Crippen LogP contribution in [0.4, 0.5) is 5.82 Å². The number of pyridine rings is 1. The molecule has 2 heterocycles. The number of rotatable bonds is 5. The van der Waals surface area contributed by atoms with E-state index >= 15 is 0 Å². The Hall–Kier alpha value is -2.01. The van der Waals surface area contributed by atoms with E-state index in [-0.39, 0.29) is 12.3 Å². The molecule has 0 amide bonds. The maximum Gasteiger partial charge on any atom is 0.231 e. The monoisotopic (exact) mass is 287 g/mol. The van der Waals surface area contributed by atoms with Crippen molar-refractivity contribution in [2.45, 2.75) is 32.2 Å². The molecule has 2 aromatic rings. The number of nitrogens with two attached hydrogens (primary N) is 1. The maximum absolute atomic E-state index is 5.73. The Kier molecular flexibility index (Phi) is 3.59. The molecular formula is C16H21N3O2. The zero-order valence-corrected chi connectivity index (χ0v) is 12.5. The van der Waals surface area contributed by atoms with Crippen molar-refractivity contribution < 1.29 is 9.47 Å². The lowest BCUT2D eigenvalue weighted by Crippen LogP contribution is -2.36. The van der Waals surface area contributed by atoms with Crippen LogP contribution in [0.2, 0.25) is 0 Å². The summed E-state index contributed by atoms with van der Waals surface area (Å²) in [6.07, 6.45) is 3.68. The first-order valence-corrected chi connectivity index (χ1v) is 7.32. The summed E-state index contributed by atoms with van der Waals surface area (Å²) in [5, 5.41) is 5.68. The van der Waals surface area contributed by atoms with E-state index in [9.17, 15) is 0 Å². The number of aromatic nitrogens is 1. The highest BCUT2D eigenvalue weighted by molar-refractivity contribution is 5.94. The van der Waals surface area contributed by atoms with Crippen molar-refractivity contribution in [3.8, 4) is 11.5 Å². The summed E-state index contributed by atoms with van der Waals surface area (Å²) >= 11 is 0. The van der Waals surface area contributed by atoms with Gasteiger partial charge < -0.3 is 20.5 Å². The second-order valence-electron chi connectivity index (χ2n) is 5.66. The summed E-state index contributed by atoms with van der Waals surface area (Å²) in [4.78, 5) is 4.50. The number of nitrogens with zero attached hydrogens (tertiary/aromatic N) is 1. The first kappa shape index (κ1) is 13.9. The van der Waals surface area contributed by atoms with E-state index < -0.39 is 0 Å². The van der Waals surface area contributed by atoms with Crippen LogP contribution >= 0.6 is 0 Å². The number of fused-ring (bicyclic) bond motifs is 2. The number of hydrogen-bond donors (Lipinski definition) is 2. The molecule has 21 heavy (non-hydrogen) atoms. The number of benzene rings is 1. The van der Waals surface area contributed by atoms with E-state index in [0.29, 0.717) is 6.54 Å². The van der Waals surface area contributed by atoms with Crippen molar-refractivity contribution in [2.75, 3.05) is 18.7 Å². The van der Waals surface area contributed by atoms with E-state index in [0.717, 1.165) is 40.9 Å². The molecule has 0 radical (unpaired) electrons. The summed E-state index contributed by atoms with van der Waals surface area (Å²) in [5.41, 5.74) is 5.67. The van der Waals surface area contributed by atoms with E-state index in [4.69, 9.17) is 15.2 Å². The first-order valence-electron chi connectivity index (χ1n) is 7.32. The summed E-state index contributed by atoms with van der Waals surface area (Å²) < 4.78 is 10.9. The van der Waals surface area contributed by atoms with Gasteiger partial charge in [-0.1, -0.05) is 6.92 Å². The van der Waals surface area contributed by atoms with Crippen molar-refractivity contribution in [1.82, 2.24) is 4.98 Å².